The van der Waals surface area contributed by atoms with Crippen molar-refractivity contribution in [2.75, 3.05) is 0 Å². The molecule has 1 N–H and O–H groups in total. The number of hydrogen-bond acceptors (Lipinski definition) is 3. The summed E-state index contributed by atoms with van der Waals surface area (Å²) in [6.07, 6.45) is 34.3. The Morgan fingerprint density at radius 1 is 0.509 bits per heavy atom. The van der Waals surface area contributed by atoms with Crippen LogP contribution in [0.5, 0.6) is 0 Å². The predicted octanol–water partition coefficient (Wildman–Crippen LogP) is 16.6. The van der Waals surface area contributed by atoms with Crippen molar-refractivity contribution in [3.8, 4) is 0 Å². The lowest BCUT2D eigenvalue weighted by Crippen LogP contribution is -2.26. The van der Waals surface area contributed by atoms with Crippen LogP contribution in [0.3, 0.4) is 0 Å². The van der Waals surface area contributed by atoms with Crippen LogP contribution in [0.15, 0.2) is 45.6 Å². The zero-order valence-corrected chi connectivity index (χ0v) is 40.4. The van der Waals surface area contributed by atoms with Crippen LogP contribution in [-0.4, -0.2) is 22.3 Å². The summed E-state index contributed by atoms with van der Waals surface area (Å²) < 4.78 is 0. The van der Waals surface area contributed by atoms with Crippen molar-refractivity contribution in [1.29, 1.82) is 0 Å². The van der Waals surface area contributed by atoms with Crippen molar-refractivity contribution < 1.29 is 14.7 Å². The zero-order valence-electron chi connectivity index (χ0n) is 40.4. The lowest BCUT2D eigenvalue weighted by molar-refractivity contribution is -0.116. The van der Waals surface area contributed by atoms with E-state index >= 15 is 0 Å². The van der Waals surface area contributed by atoms with E-state index in [-0.39, 0.29) is 11.6 Å². The van der Waals surface area contributed by atoms with Gasteiger partial charge in [0.05, 0.1) is 5.60 Å². The van der Waals surface area contributed by atoms with Gasteiger partial charge in [0.1, 0.15) is 0 Å². The minimum Gasteiger partial charge on any atom is -0.390 e. The molecule has 0 saturated carbocycles. The van der Waals surface area contributed by atoms with Gasteiger partial charge in [-0.05, 0) is 128 Å². The fourth-order valence-electron chi connectivity index (χ4n) is 8.94. The standard InChI is InChI=1S/C54H96O3/c1-40(2)22-14-23-41(3)24-15-25-42(4)26-16-27-43(5)28-17-29-44(6)30-18-31-45(7)32-19-33-46(8)34-20-35-47(9)36-21-38-54(13,57)39-37-51-50(12)52(55)48(10)49(11)53(51)56/h34,36,40-45,57H,14-33,35,37-39H2,1-13H3/b46-34+,47-36+. The molecule has 0 bridgehead atoms. The summed E-state index contributed by atoms with van der Waals surface area (Å²) in [5.74, 6) is 5.18. The molecule has 0 radical (unpaired) electrons. The van der Waals surface area contributed by atoms with Gasteiger partial charge in [-0.25, -0.2) is 0 Å². The molecule has 1 aliphatic rings. The summed E-state index contributed by atoms with van der Waals surface area (Å²) in [6.45, 7) is 28.7. The molecule has 6 unspecified atom stereocenters. The van der Waals surface area contributed by atoms with Crippen molar-refractivity contribution in [2.24, 2.45) is 35.5 Å². The molecule has 0 aromatic heterocycles. The highest BCUT2D eigenvalue weighted by Gasteiger charge is 2.29. The highest BCUT2D eigenvalue weighted by Crippen LogP contribution is 2.31. The van der Waals surface area contributed by atoms with Gasteiger partial charge in [0.25, 0.3) is 0 Å². The molecular weight excluding hydrogens is 697 g/mol. The maximum Gasteiger partial charge on any atom is 0.185 e. The predicted molar refractivity (Wildman–Crippen MR) is 251 cm³/mol. The minimum absolute atomic E-state index is 0.0376. The molecule has 1 aliphatic carbocycles. The van der Waals surface area contributed by atoms with Gasteiger partial charge in [-0.2, -0.15) is 0 Å². The molecule has 57 heavy (non-hydrogen) atoms. The Bertz CT molecular complexity index is 1270. The van der Waals surface area contributed by atoms with Crippen molar-refractivity contribution in [3.63, 3.8) is 0 Å². The van der Waals surface area contributed by atoms with Gasteiger partial charge in [0, 0.05) is 22.3 Å². The highest BCUT2D eigenvalue weighted by atomic mass is 16.3. The van der Waals surface area contributed by atoms with Crippen LogP contribution >= 0.6 is 0 Å². The van der Waals surface area contributed by atoms with Crippen LogP contribution < -0.4 is 0 Å². The van der Waals surface area contributed by atoms with E-state index in [4.69, 9.17) is 0 Å². The number of hydrogen-bond donors (Lipinski definition) is 1. The monoisotopic (exact) mass is 793 g/mol. The third-order valence-electron chi connectivity index (χ3n) is 13.8. The molecule has 3 heteroatoms. The van der Waals surface area contributed by atoms with Crippen LogP contribution in [0.4, 0.5) is 0 Å². The minimum atomic E-state index is -0.869. The topological polar surface area (TPSA) is 54.4 Å². The van der Waals surface area contributed by atoms with Crippen molar-refractivity contribution in [1.82, 2.24) is 0 Å². The fourth-order valence-corrected chi connectivity index (χ4v) is 8.94. The molecule has 0 saturated heterocycles. The Balaban J connectivity index is 2.13. The summed E-state index contributed by atoms with van der Waals surface area (Å²) in [6, 6.07) is 0. The summed E-state index contributed by atoms with van der Waals surface area (Å²) in [7, 11) is 0. The maximum atomic E-state index is 12.8. The van der Waals surface area contributed by atoms with Gasteiger partial charge in [-0.15, -0.1) is 0 Å². The average Bonchev–Trinajstić information content (AvgIpc) is 3.13. The smallest absolute Gasteiger partial charge is 0.185 e. The molecule has 0 spiro atoms. The van der Waals surface area contributed by atoms with E-state index < -0.39 is 5.60 Å². The molecule has 330 valence electrons. The lowest BCUT2D eigenvalue weighted by atomic mass is 9.82. The van der Waals surface area contributed by atoms with Crippen LogP contribution in [0.1, 0.15) is 244 Å². The van der Waals surface area contributed by atoms with Crippen LogP contribution in [0, 0.1) is 35.5 Å². The van der Waals surface area contributed by atoms with Crippen LogP contribution in [0.25, 0.3) is 0 Å². The Morgan fingerprint density at radius 3 is 1.32 bits per heavy atom. The van der Waals surface area contributed by atoms with E-state index in [0.29, 0.717) is 41.6 Å². The van der Waals surface area contributed by atoms with E-state index in [0.717, 1.165) is 54.8 Å². The molecule has 0 fully saturated rings. The van der Waals surface area contributed by atoms with Crippen molar-refractivity contribution in [3.05, 3.63) is 45.6 Å². The number of ketones is 2. The van der Waals surface area contributed by atoms with E-state index in [2.05, 4.69) is 74.5 Å². The SMILES string of the molecule is CC1=C(C)C(=O)C(CCC(C)(O)CC/C=C(\C)CC/C=C(\C)CCCC(C)CCCC(C)CCCC(C)CCCC(C)CCCC(C)CCCC(C)C)=C(C)C1=O. The second-order valence-electron chi connectivity index (χ2n) is 20.7. The first kappa shape index (κ1) is 53.3. The quantitative estimate of drug-likeness (QED) is 0.0532. The first-order valence-corrected chi connectivity index (χ1v) is 24.3. The third-order valence-corrected chi connectivity index (χ3v) is 13.8. The van der Waals surface area contributed by atoms with Gasteiger partial charge >= 0.3 is 0 Å². The number of carbonyl (C=O) groups excluding carboxylic acids is 2. The molecule has 1 rings (SSSR count). The number of carbonyl (C=O) groups is 2. The van der Waals surface area contributed by atoms with Crippen molar-refractivity contribution >= 4 is 11.6 Å². The second-order valence-corrected chi connectivity index (χ2v) is 20.7. The number of Topliss-reactive ketones (excluding diaryl/α,β-unsaturated/α-hetero) is 2. The van der Waals surface area contributed by atoms with Gasteiger partial charge in [0.2, 0.25) is 0 Å². The Hall–Kier alpha value is -1.74. The Morgan fingerprint density at radius 2 is 0.877 bits per heavy atom. The van der Waals surface area contributed by atoms with E-state index in [9.17, 15) is 14.7 Å². The molecule has 0 heterocycles. The summed E-state index contributed by atoms with van der Waals surface area (Å²) in [5, 5.41) is 11.0. The summed E-state index contributed by atoms with van der Waals surface area (Å²) in [4.78, 5) is 25.2. The van der Waals surface area contributed by atoms with Gasteiger partial charge in [-0.3, -0.25) is 9.59 Å². The maximum absolute atomic E-state index is 12.8. The zero-order chi connectivity index (χ0) is 43.0. The highest BCUT2D eigenvalue weighted by molar-refractivity contribution is 6.24. The van der Waals surface area contributed by atoms with Crippen LogP contribution in [-0.2, 0) is 9.59 Å². The molecule has 0 aromatic carbocycles. The molecule has 0 amide bonds. The molecule has 0 aliphatic heterocycles. The summed E-state index contributed by atoms with van der Waals surface area (Å²) >= 11 is 0. The average molecular weight is 793 g/mol. The van der Waals surface area contributed by atoms with Gasteiger partial charge in [0.15, 0.2) is 11.6 Å². The molecular formula is C54H96O3. The number of allylic oxidation sites excluding steroid dienone is 8. The Labute approximate surface area is 355 Å². The first-order chi connectivity index (χ1) is 26.8. The first-order valence-electron chi connectivity index (χ1n) is 24.3. The van der Waals surface area contributed by atoms with E-state index in [1.54, 1.807) is 20.8 Å². The fraction of sp³-hybridized carbons (Fsp3) is 0.815. The van der Waals surface area contributed by atoms with Crippen molar-refractivity contribution in [2.45, 2.75) is 250 Å². The largest absolute Gasteiger partial charge is 0.390 e. The van der Waals surface area contributed by atoms with Gasteiger partial charge < -0.3 is 5.11 Å². The third kappa shape index (κ3) is 24.8. The number of rotatable bonds is 33. The van der Waals surface area contributed by atoms with Crippen LogP contribution in [0.2, 0.25) is 0 Å². The lowest BCUT2D eigenvalue weighted by Gasteiger charge is -2.25. The Kier molecular flexibility index (Phi) is 27.6. The summed E-state index contributed by atoms with van der Waals surface area (Å²) in [5.41, 5.74) is 4.23. The number of aliphatic hydroxyl groups is 1. The second kappa shape index (κ2) is 29.5. The van der Waals surface area contributed by atoms with E-state index in [1.165, 1.54) is 127 Å². The van der Waals surface area contributed by atoms with Gasteiger partial charge in [-0.1, -0.05) is 174 Å². The normalized spacial score (nSPS) is 18.4. The molecule has 6 atom stereocenters. The molecule has 3 nitrogen and oxygen atoms in total. The molecule has 0 aromatic rings. The van der Waals surface area contributed by atoms with E-state index in [1.807, 2.05) is 6.92 Å².